The van der Waals surface area contributed by atoms with Crippen molar-refractivity contribution in [2.24, 2.45) is 0 Å². The zero-order chi connectivity index (χ0) is 14.7. The molecule has 1 aromatic carbocycles. The first-order valence-electron chi connectivity index (χ1n) is 7.57. The Morgan fingerprint density at radius 1 is 1.41 bits per heavy atom. The number of ether oxygens (including phenoxy) is 1. The van der Waals surface area contributed by atoms with E-state index in [-0.39, 0.29) is 30.2 Å². The third-order valence-electron chi connectivity index (χ3n) is 3.97. The predicted molar refractivity (Wildman–Crippen MR) is 84.4 cm³/mol. The van der Waals surface area contributed by atoms with Gasteiger partial charge in [-0.2, -0.15) is 0 Å². The maximum absolute atomic E-state index is 13.3. The molecule has 2 fully saturated rings. The number of morpholine rings is 1. The van der Waals surface area contributed by atoms with E-state index < -0.39 is 0 Å². The number of halogens is 2. The van der Waals surface area contributed by atoms with Crippen molar-refractivity contribution in [2.75, 3.05) is 19.8 Å². The summed E-state index contributed by atoms with van der Waals surface area (Å²) in [6.45, 7) is 2.59. The van der Waals surface area contributed by atoms with Gasteiger partial charge in [-0.25, -0.2) is 4.39 Å². The van der Waals surface area contributed by atoms with E-state index in [1.807, 2.05) is 11.0 Å². The molecule has 1 unspecified atom stereocenters. The summed E-state index contributed by atoms with van der Waals surface area (Å²) in [7, 11) is 0. The molecule has 1 saturated carbocycles. The first kappa shape index (κ1) is 17.2. The van der Waals surface area contributed by atoms with Crippen molar-refractivity contribution >= 4 is 18.3 Å². The second kappa shape index (κ2) is 7.90. The highest BCUT2D eigenvalue weighted by Gasteiger charge is 2.33. The number of carbonyl (C=O) groups is 1. The molecule has 0 radical (unpaired) electrons. The van der Waals surface area contributed by atoms with Crippen LogP contribution in [-0.2, 0) is 16.1 Å². The van der Waals surface area contributed by atoms with E-state index in [0.717, 1.165) is 24.9 Å². The molecule has 0 aromatic heterocycles. The summed E-state index contributed by atoms with van der Waals surface area (Å²) in [6, 6.07) is 6.91. The fourth-order valence-electron chi connectivity index (χ4n) is 2.72. The molecule has 0 spiro atoms. The van der Waals surface area contributed by atoms with E-state index in [4.69, 9.17) is 4.74 Å². The van der Waals surface area contributed by atoms with Crippen molar-refractivity contribution in [1.29, 1.82) is 0 Å². The van der Waals surface area contributed by atoms with Crippen LogP contribution in [0.25, 0.3) is 0 Å². The van der Waals surface area contributed by atoms with E-state index in [0.29, 0.717) is 32.2 Å². The van der Waals surface area contributed by atoms with Gasteiger partial charge >= 0.3 is 0 Å². The minimum atomic E-state index is -0.252. The predicted octanol–water partition coefficient (Wildman–Crippen LogP) is 2.12. The van der Waals surface area contributed by atoms with Crippen LogP contribution in [0.15, 0.2) is 24.3 Å². The van der Waals surface area contributed by atoms with Crippen LogP contribution in [-0.4, -0.2) is 42.6 Å². The molecule has 1 aliphatic heterocycles. The van der Waals surface area contributed by atoms with Gasteiger partial charge in [0.15, 0.2) is 0 Å². The van der Waals surface area contributed by atoms with Crippen molar-refractivity contribution in [2.45, 2.75) is 37.9 Å². The van der Waals surface area contributed by atoms with Crippen LogP contribution in [0.4, 0.5) is 4.39 Å². The lowest BCUT2D eigenvalue weighted by Gasteiger charge is -2.28. The minimum absolute atomic E-state index is 0. The number of hydrogen-bond acceptors (Lipinski definition) is 3. The van der Waals surface area contributed by atoms with Crippen molar-refractivity contribution in [3.63, 3.8) is 0 Å². The van der Waals surface area contributed by atoms with Crippen molar-refractivity contribution in [1.82, 2.24) is 10.2 Å². The number of nitrogens with zero attached hydrogens (tertiary/aromatic N) is 1. The summed E-state index contributed by atoms with van der Waals surface area (Å²) in [6.07, 6.45) is 2.55. The number of benzene rings is 1. The fourth-order valence-corrected chi connectivity index (χ4v) is 2.72. The van der Waals surface area contributed by atoms with Crippen molar-refractivity contribution in [3.8, 4) is 0 Å². The molecule has 22 heavy (non-hydrogen) atoms. The highest BCUT2D eigenvalue weighted by Crippen LogP contribution is 2.29. The Kier molecular flexibility index (Phi) is 6.17. The second-order valence-electron chi connectivity index (χ2n) is 5.81. The Balaban J connectivity index is 0.00000176. The van der Waals surface area contributed by atoms with Gasteiger partial charge < -0.3 is 15.0 Å². The molecule has 1 aromatic rings. The third kappa shape index (κ3) is 4.66. The van der Waals surface area contributed by atoms with E-state index >= 15 is 0 Å². The summed E-state index contributed by atoms with van der Waals surface area (Å²) in [5, 5.41) is 3.30. The minimum Gasteiger partial charge on any atom is -0.378 e. The Morgan fingerprint density at radius 3 is 2.86 bits per heavy atom. The lowest BCUT2D eigenvalue weighted by atomic mass is 10.1. The Labute approximate surface area is 136 Å². The number of carbonyl (C=O) groups excluding carboxylic acids is 1. The molecule has 3 rings (SSSR count). The zero-order valence-electron chi connectivity index (χ0n) is 12.5. The average molecular weight is 329 g/mol. The Bertz CT molecular complexity index is 505. The molecule has 0 bridgehead atoms. The van der Waals surface area contributed by atoms with Gasteiger partial charge in [0.2, 0.25) is 5.91 Å². The molecule has 4 nitrogen and oxygen atoms in total. The van der Waals surface area contributed by atoms with Crippen molar-refractivity contribution < 1.29 is 13.9 Å². The lowest BCUT2D eigenvalue weighted by Crippen LogP contribution is -2.45. The number of rotatable bonds is 5. The van der Waals surface area contributed by atoms with Crippen LogP contribution in [0.5, 0.6) is 0 Å². The molecular weight excluding hydrogens is 307 g/mol. The summed E-state index contributed by atoms with van der Waals surface area (Å²) in [4.78, 5) is 14.4. The quantitative estimate of drug-likeness (QED) is 0.900. The van der Waals surface area contributed by atoms with Crippen LogP contribution in [0.3, 0.4) is 0 Å². The van der Waals surface area contributed by atoms with Gasteiger partial charge in [-0.3, -0.25) is 4.79 Å². The molecule has 1 amide bonds. The molecule has 1 N–H and O–H groups in total. The summed E-state index contributed by atoms with van der Waals surface area (Å²) in [5.41, 5.74) is 0.850. The van der Waals surface area contributed by atoms with Crippen LogP contribution >= 0.6 is 12.4 Å². The lowest BCUT2D eigenvalue weighted by molar-refractivity contribution is -0.133. The number of amides is 1. The maximum Gasteiger partial charge on any atom is 0.224 e. The molecule has 2 aliphatic rings. The molecule has 122 valence electrons. The highest BCUT2D eigenvalue weighted by atomic mass is 35.5. The molecule has 1 atom stereocenters. The van der Waals surface area contributed by atoms with Gasteiger partial charge in [0, 0.05) is 31.6 Å². The standard InChI is InChI=1S/C16H21FN2O2.ClH/c17-13-3-1-2-12(8-13)10-19(15-4-5-15)16(20)9-14-11-21-7-6-18-14;/h1-3,8,14-15,18H,4-7,9-11H2;1H. The highest BCUT2D eigenvalue weighted by molar-refractivity contribution is 5.85. The summed E-state index contributed by atoms with van der Waals surface area (Å²) >= 11 is 0. The van der Waals surface area contributed by atoms with Gasteiger partial charge in [-0.15, -0.1) is 12.4 Å². The van der Waals surface area contributed by atoms with E-state index in [9.17, 15) is 9.18 Å². The van der Waals surface area contributed by atoms with Crippen LogP contribution in [0, 0.1) is 5.82 Å². The summed E-state index contributed by atoms with van der Waals surface area (Å²) < 4.78 is 18.7. The number of hydrogen-bond donors (Lipinski definition) is 1. The van der Waals surface area contributed by atoms with Crippen LogP contribution in [0.1, 0.15) is 24.8 Å². The molecule has 6 heteroatoms. The van der Waals surface area contributed by atoms with Crippen LogP contribution in [0.2, 0.25) is 0 Å². The smallest absolute Gasteiger partial charge is 0.224 e. The second-order valence-corrected chi connectivity index (χ2v) is 5.81. The maximum atomic E-state index is 13.3. The first-order valence-corrected chi connectivity index (χ1v) is 7.57. The Hall–Kier alpha value is -1.17. The number of nitrogens with one attached hydrogen (secondary N) is 1. The average Bonchev–Trinajstić information content (AvgIpc) is 3.30. The molecule has 1 aliphatic carbocycles. The molecule has 1 saturated heterocycles. The van der Waals surface area contributed by atoms with E-state index in [2.05, 4.69) is 5.32 Å². The third-order valence-corrected chi connectivity index (χ3v) is 3.97. The van der Waals surface area contributed by atoms with Crippen molar-refractivity contribution in [3.05, 3.63) is 35.6 Å². The molecular formula is C16H22ClFN2O2. The largest absolute Gasteiger partial charge is 0.378 e. The summed E-state index contributed by atoms with van der Waals surface area (Å²) in [5.74, 6) is -0.122. The van der Waals surface area contributed by atoms with Gasteiger partial charge in [-0.05, 0) is 30.5 Å². The van der Waals surface area contributed by atoms with Gasteiger partial charge in [-0.1, -0.05) is 12.1 Å². The monoisotopic (exact) mass is 328 g/mol. The zero-order valence-corrected chi connectivity index (χ0v) is 13.3. The van der Waals surface area contributed by atoms with Gasteiger partial charge in [0.05, 0.1) is 13.2 Å². The Morgan fingerprint density at radius 2 is 2.23 bits per heavy atom. The molecule has 1 heterocycles. The normalized spacial score (nSPS) is 21.0. The SMILES string of the molecule is Cl.O=C(CC1COCCN1)N(Cc1cccc(F)c1)C1CC1. The first-order chi connectivity index (χ1) is 10.2. The van der Waals surface area contributed by atoms with Gasteiger partial charge in [0.25, 0.3) is 0 Å². The topological polar surface area (TPSA) is 41.6 Å². The van der Waals surface area contributed by atoms with Crippen LogP contribution < -0.4 is 5.32 Å². The van der Waals surface area contributed by atoms with Gasteiger partial charge in [0.1, 0.15) is 5.82 Å². The van der Waals surface area contributed by atoms with E-state index in [1.165, 1.54) is 12.1 Å². The van der Waals surface area contributed by atoms with E-state index in [1.54, 1.807) is 6.07 Å². The fraction of sp³-hybridized carbons (Fsp3) is 0.562.